The molecule has 0 saturated heterocycles. The van der Waals surface area contributed by atoms with Gasteiger partial charge in [0.25, 0.3) is 0 Å². The summed E-state index contributed by atoms with van der Waals surface area (Å²) >= 11 is 6.02. The quantitative estimate of drug-likeness (QED) is 0.748. The first kappa shape index (κ1) is 11.1. The Balaban J connectivity index is 3.07. The number of rotatable bonds is 2. The Morgan fingerprint density at radius 3 is 2.64 bits per heavy atom. The van der Waals surface area contributed by atoms with Gasteiger partial charge >= 0.3 is 0 Å². The summed E-state index contributed by atoms with van der Waals surface area (Å²) < 4.78 is 0. The van der Waals surface area contributed by atoms with E-state index < -0.39 is 5.38 Å². The molecular weight excluding hydrogens is 198 g/mol. The first-order chi connectivity index (χ1) is 6.57. The molecule has 0 heterocycles. The first-order valence-electron chi connectivity index (χ1n) is 4.49. The fourth-order valence-electron chi connectivity index (χ4n) is 1.32. The third-order valence-corrected chi connectivity index (χ3v) is 2.83. The lowest BCUT2D eigenvalue weighted by atomic mass is 10.0. The molecule has 1 aromatic carbocycles. The van der Waals surface area contributed by atoms with Crippen molar-refractivity contribution in [3.63, 3.8) is 0 Å². The number of halogens is 1. The van der Waals surface area contributed by atoms with Crippen molar-refractivity contribution in [1.82, 2.24) is 5.32 Å². The van der Waals surface area contributed by atoms with E-state index in [-0.39, 0.29) is 5.91 Å². The van der Waals surface area contributed by atoms with Gasteiger partial charge in [-0.05, 0) is 30.5 Å². The molecule has 0 aliphatic carbocycles. The topological polar surface area (TPSA) is 29.1 Å². The van der Waals surface area contributed by atoms with Crippen LogP contribution in [0, 0.1) is 13.8 Å². The molecule has 14 heavy (non-hydrogen) atoms. The number of carbonyl (C=O) groups excluding carboxylic acids is 1. The summed E-state index contributed by atoms with van der Waals surface area (Å²) in [7, 11) is 1.59. The minimum atomic E-state index is -0.597. The van der Waals surface area contributed by atoms with Crippen LogP contribution in [-0.4, -0.2) is 13.0 Å². The van der Waals surface area contributed by atoms with E-state index in [0.29, 0.717) is 0 Å². The standard InChI is InChI=1S/C11H14ClNO/c1-7-5-4-6-9(8(7)2)10(12)11(14)13-3/h4-6,10H,1-3H3,(H,13,14). The Morgan fingerprint density at radius 2 is 2.07 bits per heavy atom. The van der Waals surface area contributed by atoms with Crippen LogP contribution in [-0.2, 0) is 4.79 Å². The minimum absolute atomic E-state index is 0.166. The zero-order valence-corrected chi connectivity index (χ0v) is 9.35. The van der Waals surface area contributed by atoms with Gasteiger partial charge in [0.1, 0.15) is 5.38 Å². The molecule has 0 aromatic heterocycles. The lowest BCUT2D eigenvalue weighted by Crippen LogP contribution is -2.23. The Bertz CT molecular complexity index is 349. The summed E-state index contributed by atoms with van der Waals surface area (Å²) in [6.07, 6.45) is 0. The van der Waals surface area contributed by atoms with Gasteiger partial charge in [-0.25, -0.2) is 0 Å². The Hall–Kier alpha value is -1.02. The molecule has 1 amide bonds. The van der Waals surface area contributed by atoms with Crippen molar-refractivity contribution in [2.24, 2.45) is 0 Å². The second kappa shape index (κ2) is 4.47. The summed E-state index contributed by atoms with van der Waals surface area (Å²) in [6.45, 7) is 3.98. The van der Waals surface area contributed by atoms with E-state index in [9.17, 15) is 4.79 Å². The van der Waals surface area contributed by atoms with Gasteiger partial charge < -0.3 is 5.32 Å². The fraction of sp³-hybridized carbons (Fsp3) is 0.364. The normalized spacial score (nSPS) is 12.3. The van der Waals surface area contributed by atoms with Crippen LogP contribution in [0.25, 0.3) is 0 Å². The molecule has 1 rings (SSSR count). The Morgan fingerprint density at radius 1 is 1.43 bits per heavy atom. The van der Waals surface area contributed by atoms with Gasteiger partial charge in [-0.3, -0.25) is 4.79 Å². The van der Waals surface area contributed by atoms with Crippen LogP contribution >= 0.6 is 11.6 Å². The number of hydrogen-bond donors (Lipinski definition) is 1. The van der Waals surface area contributed by atoms with Crippen molar-refractivity contribution in [2.75, 3.05) is 7.05 Å². The van der Waals surface area contributed by atoms with E-state index in [1.165, 1.54) is 0 Å². The third kappa shape index (κ3) is 2.07. The van der Waals surface area contributed by atoms with Crippen molar-refractivity contribution in [1.29, 1.82) is 0 Å². The summed E-state index contributed by atoms with van der Waals surface area (Å²) in [6, 6.07) is 5.80. The minimum Gasteiger partial charge on any atom is -0.358 e. The second-order valence-corrected chi connectivity index (χ2v) is 3.70. The number of nitrogens with one attached hydrogen (secondary N) is 1. The molecular formula is C11H14ClNO. The Labute approximate surface area is 89.3 Å². The van der Waals surface area contributed by atoms with E-state index in [1.807, 2.05) is 32.0 Å². The predicted molar refractivity (Wildman–Crippen MR) is 58.6 cm³/mol. The molecule has 2 nitrogen and oxygen atoms in total. The molecule has 0 saturated carbocycles. The maximum absolute atomic E-state index is 11.3. The van der Waals surface area contributed by atoms with Crippen LogP contribution in [0.5, 0.6) is 0 Å². The Kier molecular flexibility index (Phi) is 3.53. The molecule has 0 radical (unpaired) electrons. The van der Waals surface area contributed by atoms with Gasteiger partial charge in [-0.1, -0.05) is 18.2 Å². The summed E-state index contributed by atoms with van der Waals surface area (Å²) in [5.41, 5.74) is 3.11. The van der Waals surface area contributed by atoms with Gasteiger partial charge in [0, 0.05) is 7.05 Å². The van der Waals surface area contributed by atoms with Crippen LogP contribution in [0.2, 0.25) is 0 Å². The van der Waals surface area contributed by atoms with Crippen molar-refractivity contribution < 1.29 is 4.79 Å². The second-order valence-electron chi connectivity index (χ2n) is 3.27. The highest BCUT2D eigenvalue weighted by Gasteiger charge is 2.18. The van der Waals surface area contributed by atoms with Gasteiger partial charge in [0.2, 0.25) is 5.91 Å². The van der Waals surface area contributed by atoms with E-state index in [0.717, 1.165) is 16.7 Å². The molecule has 0 spiro atoms. The van der Waals surface area contributed by atoms with Crippen LogP contribution in [0.1, 0.15) is 22.1 Å². The van der Waals surface area contributed by atoms with E-state index in [4.69, 9.17) is 11.6 Å². The highest BCUT2D eigenvalue weighted by molar-refractivity contribution is 6.30. The monoisotopic (exact) mass is 211 g/mol. The third-order valence-electron chi connectivity index (χ3n) is 2.40. The summed E-state index contributed by atoms with van der Waals surface area (Å²) in [5, 5.41) is 1.94. The number of likely N-dealkylation sites (N-methyl/N-ethyl adjacent to an activating group) is 1. The highest BCUT2D eigenvalue weighted by atomic mass is 35.5. The largest absolute Gasteiger partial charge is 0.358 e. The van der Waals surface area contributed by atoms with Gasteiger partial charge in [-0.2, -0.15) is 0 Å². The SMILES string of the molecule is CNC(=O)C(Cl)c1cccc(C)c1C. The van der Waals surface area contributed by atoms with Crippen molar-refractivity contribution >= 4 is 17.5 Å². The predicted octanol–water partition coefficient (Wildman–Crippen LogP) is 2.33. The number of amides is 1. The average molecular weight is 212 g/mol. The first-order valence-corrected chi connectivity index (χ1v) is 4.93. The molecule has 1 unspecified atom stereocenters. The molecule has 0 aliphatic rings. The molecule has 0 aliphatic heterocycles. The lowest BCUT2D eigenvalue weighted by Gasteiger charge is -2.12. The number of benzene rings is 1. The molecule has 3 heteroatoms. The summed E-state index contributed by atoms with van der Waals surface area (Å²) in [5.74, 6) is -0.166. The van der Waals surface area contributed by atoms with Gasteiger partial charge in [0.05, 0.1) is 0 Å². The van der Waals surface area contributed by atoms with Gasteiger partial charge in [-0.15, -0.1) is 11.6 Å². The number of alkyl halides is 1. The van der Waals surface area contributed by atoms with E-state index in [2.05, 4.69) is 5.32 Å². The van der Waals surface area contributed by atoms with E-state index in [1.54, 1.807) is 7.05 Å². The van der Waals surface area contributed by atoms with Crippen LogP contribution in [0.4, 0.5) is 0 Å². The zero-order valence-electron chi connectivity index (χ0n) is 8.60. The highest BCUT2D eigenvalue weighted by Crippen LogP contribution is 2.25. The number of hydrogen-bond acceptors (Lipinski definition) is 1. The molecule has 76 valence electrons. The lowest BCUT2D eigenvalue weighted by molar-refractivity contribution is -0.120. The van der Waals surface area contributed by atoms with Crippen LogP contribution < -0.4 is 5.32 Å². The van der Waals surface area contributed by atoms with Crippen LogP contribution in [0.3, 0.4) is 0 Å². The summed E-state index contributed by atoms with van der Waals surface area (Å²) in [4.78, 5) is 11.3. The maximum atomic E-state index is 11.3. The smallest absolute Gasteiger partial charge is 0.242 e. The van der Waals surface area contributed by atoms with Crippen LogP contribution in [0.15, 0.2) is 18.2 Å². The van der Waals surface area contributed by atoms with Gasteiger partial charge in [0.15, 0.2) is 0 Å². The average Bonchev–Trinajstić information content (AvgIpc) is 2.20. The maximum Gasteiger partial charge on any atom is 0.242 e. The molecule has 1 atom stereocenters. The molecule has 0 bridgehead atoms. The van der Waals surface area contributed by atoms with Crippen molar-refractivity contribution in [2.45, 2.75) is 19.2 Å². The fourth-order valence-corrected chi connectivity index (χ4v) is 1.66. The number of carbonyl (C=O) groups is 1. The van der Waals surface area contributed by atoms with Crippen molar-refractivity contribution in [3.8, 4) is 0 Å². The molecule has 0 fully saturated rings. The number of aryl methyl sites for hydroxylation is 1. The molecule has 1 N–H and O–H groups in total. The van der Waals surface area contributed by atoms with E-state index >= 15 is 0 Å². The zero-order chi connectivity index (χ0) is 10.7. The van der Waals surface area contributed by atoms with Crippen molar-refractivity contribution in [3.05, 3.63) is 34.9 Å². The molecule has 1 aromatic rings.